The number of hydrogen-bond donors (Lipinski definition) is 1. The molecule has 2 heteroatoms. The Morgan fingerprint density at radius 2 is 2.00 bits per heavy atom. The normalized spacial score (nSPS) is 15.5. The fourth-order valence-corrected chi connectivity index (χ4v) is 2.89. The zero-order chi connectivity index (χ0) is 13.2. The third-order valence-corrected chi connectivity index (χ3v) is 4.01. The molecule has 1 aliphatic rings. The topological polar surface area (TPSA) is 39.2 Å². The van der Waals surface area contributed by atoms with E-state index in [-0.39, 0.29) is 6.04 Å². The minimum Gasteiger partial charge on any atom is -0.464 e. The van der Waals surface area contributed by atoms with Gasteiger partial charge in [0.1, 0.15) is 11.5 Å². The van der Waals surface area contributed by atoms with Crippen LogP contribution in [-0.4, -0.2) is 0 Å². The lowest BCUT2D eigenvalue weighted by atomic mass is 10.0. The lowest BCUT2D eigenvalue weighted by molar-refractivity contribution is 0.434. The molecule has 0 saturated heterocycles. The van der Waals surface area contributed by atoms with Crippen molar-refractivity contribution in [2.24, 2.45) is 5.73 Å². The third-order valence-electron chi connectivity index (χ3n) is 4.01. The summed E-state index contributed by atoms with van der Waals surface area (Å²) in [7, 11) is 0. The molecule has 3 rings (SSSR count). The monoisotopic (exact) mass is 255 g/mol. The molecule has 0 aliphatic heterocycles. The van der Waals surface area contributed by atoms with Crippen LogP contribution in [0.1, 0.15) is 47.6 Å². The molecule has 2 N–H and O–H groups in total. The molecule has 0 saturated carbocycles. The van der Waals surface area contributed by atoms with Gasteiger partial charge in [0.05, 0.1) is 6.04 Å². The average molecular weight is 255 g/mol. The van der Waals surface area contributed by atoms with Crippen molar-refractivity contribution in [1.29, 1.82) is 0 Å². The zero-order valence-electron chi connectivity index (χ0n) is 11.5. The Morgan fingerprint density at radius 3 is 2.79 bits per heavy atom. The molecular weight excluding hydrogens is 234 g/mol. The summed E-state index contributed by atoms with van der Waals surface area (Å²) in [5.41, 5.74) is 10.6. The number of fused-ring (bicyclic) bond motifs is 1. The predicted octanol–water partition coefficient (Wildman–Crippen LogP) is 3.57. The van der Waals surface area contributed by atoms with Gasteiger partial charge in [-0.3, -0.25) is 0 Å². The summed E-state index contributed by atoms with van der Waals surface area (Å²) >= 11 is 0. The van der Waals surface area contributed by atoms with E-state index in [4.69, 9.17) is 10.2 Å². The number of aryl methyl sites for hydroxylation is 3. The third kappa shape index (κ3) is 2.59. The Bertz CT molecular complexity index is 570. The Hall–Kier alpha value is -1.54. The van der Waals surface area contributed by atoms with Gasteiger partial charge in [-0.05, 0) is 54.5 Å². The van der Waals surface area contributed by atoms with E-state index in [1.54, 1.807) is 0 Å². The molecule has 1 aromatic carbocycles. The van der Waals surface area contributed by atoms with E-state index in [2.05, 4.69) is 25.1 Å². The van der Waals surface area contributed by atoms with Crippen LogP contribution >= 0.6 is 0 Å². The van der Waals surface area contributed by atoms with Crippen LogP contribution in [-0.2, 0) is 25.7 Å². The van der Waals surface area contributed by atoms with E-state index in [9.17, 15) is 0 Å². The van der Waals surface area contributed by atoms with Gasteiger partial charge in [-0.15, -0.1) is 0 Å². The lowest BCUT2D eigenvalue weighted by Gasteiger charge is -2.10. The van der Waals surface area contributed by atoms with E-state index in [0.29, 0.717) is 0 Å². The number of hydrogen-bond acceptors (Lipinski definition) is 2. The van der Waals surface area contributed by atoms with Crippen molar-refractivity contribution in [3.8, 4) is 0 Å². The predicted molar refractivity (Wildman–Crippen MR) is 77.2 cm³/mol. The molecule has 1 atom stereocenters. The molecule has 0 radical (unpaired) electrons. The molecule has 1 aliphatic carbocycles. The molecule has 100 valence electrons. The fourth-order valence-electron chi connectivity index (χ4n) is 2.89. The molecule has 1 aromatic heterocycles. The van der Waals surface area contributed by atoms with E-state index in [1.165, 1.54) is 36.0 Å². The highest BCUT2D eigenvalue weighted by Gasteiger charge is 2.14. The van der Waals surface area contributed by atoms with Crippen molar-refractivity contribution in [1.82, 2.24) is 0 Å². The smallest absolute Gasteiger partial charge is 0.121 e. The van der Waals surface area contributed by atoms with Crippen molar-refractivity contribution < 1.29 is 4.42 Å². The first-order chi connectivity index (χ1) is 9.26. The first-order valence-electron chi connectivity index (χ1n) is 7.21. The second-order valence-electron chi connectivity index (χ2n) is 5.42. The molecule has 2 nitrogen and oxygen atoms in total. The Labute approximate surface area is 114 Å². The first kappa shape index (κ1) is 12.5. The molecule has 0 amide bonds. The number of nitrogens with two attached hydrogens (primary N) is 1. The van der Waals surface area contributed by atoms with Gasteiger partial charge in [0.25, 0.3) is 0 Å². The zero-order valence-corrected chi connectivity index (χ0v) is 11.5. The summed E-state index contributed by atoms with van der Waals surface area (Å²) in [6.07, 6.45) is 5.53. The number of furan rings is 1. The molecule has 1 heterocycles. The minimum atomic E-state index is -0.0419. The second kappa shape index (κ2) is 5.22. The lowest BCUT2D eigenvalue weighted by Crippen LogP contribution is -2.12. The van der Waals surface area contributed by atoms with Crippen molar-refractivity contribution in [3.05, 3.63) is 58.5 Å². The van der Waals surface area contributed by atoms with Crippen LogP contribution in [0.2, 0.25) is 0 Å². The molecule has 19 heavy (non-hydrogen) atoms. The van der Waals surface area contributed by atoms with E-state index in [1.807, 2.05) is 12.1 Å². The van der Waals surface area contributed by atoms with E-state index < -0.39 is 0 Å². The highest BCUT2D eigenvalue weighted by Crippen LogP contribution is 2.25. The van der Waals surface area contributed by atoms with Crippen LogP contribution < -0.4 is 5.73 Å². The maximum Gasteiger partial charge on any atom is 0.121 e. The Morgan fingerprint density at radius 1 is 1.16 bits per heavy atom. The van der Waals surface area contributed by atoms with Crippen LogP contribution in [0.5, 0.6) is 0 Å². The van der Waals surface area contributed by atoms with Gasteiger partial charge >= 0.3 is 0 Å². The van der Waals surface area contributed by atoms with Gasteiger partial charge in [-0.25, -0.2) is 0 Å². The first-order valence-corrected chi connectivity index (χ1v) is 7.21. The second-order valence-corrected chi connectivity index (χ2v) is 5.42. The summed E-state index contributed by atoms with van der Waals surface area (Å²) in [6, 6.07) is 10.8. The molecule has 0 spiro atoms. The van der Waals surface area contributed by atoms with Crippen LogP contribution in [0, 0.1) is 0 Å². The van der Waals surface area contributed by atoms with Crippen LogP contribution in [0.3, 0.4) is 0 Å². The van der Waals surface area contributed by atoms with Gasteiger partial charge in [0, 0.05) is 6.42 Å². The molecule has 1 unspecified atom stereocenters. The Kier molecular flexibility index (Phi) is 3.43. The van der Waals surface area contributed by atoms with Gasteiger partial charge in [0.15, 0.2) is 0 Å². The SMILES string of the molecule is CCc1ccc(C(N)Cc2ccc3c(c2)CCC3)o1. The largest absolute Gasteiger partial charge is 0.464 e. The van der Waals surface area contributed by atoms with Gasteiger partial charge < -0.3 is 10.2 Å². The van der Waals surface area contributed by atoms with Crippen LogP contribution in [0.4, 0.5) is 0 Å². The maximum absolute atomic E-state index is 6.25. The van der Waals surface area contributed by atoms with Gasteiger partial charge in [0.2, 0.25) is 0 Å². The molecule has 0 fully saturated rings. The van der Waals surface area contributed by atoms with Crippen LogP contribution in [0.25, 0.3) is 0 Å². The van der Waals surface area contributed by atoms with E-state index in [0.717, 1.165) is 24.4 Å². The van der Waals surface area contributed by atoms with Crippen molar-refractivity contribution in [2.45, 2.75) is 45.1 Å². The number of rotatable bonds is 4. The highest BCUT2D eigenvalue weighted by molar-refractivity contribution is 5.35. The summed E-state index contributed by atoms with van der Waals surface area (Å²) in [6.45, 7) is 2.09. The maximum atomic E-state index is 6.25. The van der Waals surface area contributed by atoms with Crippen LogP contribution in [0.15, 0.2) is 34.7 Å². The fraction of sp³-hybridized carbons (Fsp3) is 0.412. The summed E-state index contributed by atoms with van der Waals surface area (Å²) in [4.78, 5) is 0. The number of benzene rings is 1. The summed E-state index contributed by atoms with van der Waals surface area (Å²) in [5.74, 6) is 1.91. The van der Waals surface area contributed by atoms with Crippen molar-refractivity contribution in [3.63, 3.8) is 0 Å². The quantitative estimate of drug-likeness (QED) is 0.907. The van der Waals surface area contributed by atoms with Gasteiger partial charge in [-0.2, -0.15) is 0 Å². The summed E-state index contributed by atoms with van der Waals surface area (Å²) < 4.78 is 5.73. The van der Waals surface area contributed by atoms with E-state index >= 15 is 0 Å². The summed E-state index contributed by atoms with van der Waals surface area (Å²) in [5, 5.41) is 0. The minimum absolute atomic E-state index is 0.0419. The van der Waals surface area contributed by atoms with Crippen molar-refractivity contribution in [2.75, 3.05) is 0 Å². The standard InChI is InChI=1S/C17H21NO/c1-2-15-8-9-17(19-15)16(18)11-12-6-7-13-4-3-5-14(13)10-12/h6-10,16H,2-5,11,18H2,1H3. The Balaban J connectivity index is 1.73. The highest BCUT2D eigenvalue weighted by atomic mass is 16.3. The molecular formula is C17H21NO. The van der Waals surface area contributed by atoms with Crippen molar-refractivity contribution >= 4 is 0 Å². The average Bonchev–Trinajstić information content (AvgIpc) is 3.06. The van der Waals surface area contributed by atoms with Gasteiger partial charge in [-0.1, -0.05) is 25.1 Å². The molecule has 2 aromatic rings. The molecule has 0 bridgehead atoms.